The van der Waals surface area contributed by atoms with Crippen molar-refractivity contribution < 1.29 is 14.4 Å². The highest BCUT2D eigenvalue weighted by Crippen LogP contribution is 2.15. The van der Waals surface area contributed by atoms with Gasteiger partial charge in [0.05, 0.1) is 11.3 Å². The second kappa shape index (κ2) is 10.9. The standard InChI is InChI=1S/C26H27N3O3/c1-3-19-11-13-20(14-12-19)16-27-24(30)22-9-4-5-10-23(22)29-26(32)25(31)28-17-21-8-6-7-18(2)15-21/h4-15H,3,16-17H2,1-2H3,(H,27,30)(H,28,31)(H,29,32). The fraction of sp³-hybridized carbons (Fsp3) is 0.192. The van der Waals surface area contributed by atoms with Crippen LogP contribution in [0.5, 0.6) is 0 Å². The molecule has 3 aromatic rings. The second-order valence-electron chi connectivity index (χ2n) is 7.52. The van der Waals surface area contributed by atoms with Crippen LogP contribution >= 0.6 is 0 Å². The van der Waals surface area contributed by atoms with E-state index in [2.05, 4.69) is 22.9 Å². The third kappa shape index (κ3) is 6.28. The molecular formula is C26H27N3O3. The second-order valence-corrected chi connectivity index (χ2v) is 7.52. The third-order valence-electron chi connectivity index (χ3n) is 5.05. The first-order valence-corrected chi connectivity index (χ1v) is 10.6. The van der Waals surface area contributed by atoms with E-state index in [0.29, 0.717) is 6.54 Å². The average Bonchev–Trinajstić information content (AvgIpc) is 2.81. The summed E-state index contributed by atoms with van der Waals surface area (Å²) in [6, 6.07) is 22.3. The number of hydrogen-bond donors (Lipinski definition) is 3. The number of hydrogen-bond acceptors (Lipinski definition) is 3. The smallest absolute Gasteiger partial charge is 0.313 e. The van der Waals surface area contributed by atoms with Crippen molar-refractivity contribution in [3.8, 4) is 0 Å². The van der Waals surface area contributed by atoms with Crippen LogP contribution in [0.4, 0.5) is 5.69 Å². The Labute approximate surface area is 188 Å². The molecule has 0 atom stereocenters. The average molecular weight is 430 g/mol. The minimum atomic E-state index is -0.826. The van der Waals surface area contributed by atoms with Crippen molar-refractivity contribution in [1.82, 2.24) is 10.6 Å². The van der Waals surface area contributed by atoms with E-state index in [9.17, 15) is 14.4 Å². The van der Waals surface area contributed by atoms with E-state index in [1.54, 1.807) is 24.3 Å². The Bertz CT molecular complexity index is 1110. The number of rotatable bonds is 7. The first kappa shape index (κ1) is 22.7. The zero-order chi connectivity index (χ0) is 22.9. The number of anilines is 1. The fourth-order valence-corrected chi connectivity index (χ4v) is 3.22. The molecule has 3 N–H and O–H groups in total. The minimum absolute atomic E-state index is 0.243. The molecule has 3 rings (SSSR count). The van der Waals surface area contributed by atoms with Gasteiger partial charge in [0.1, 0.15) is 0 Å². The van der Waals surface area contributed by atoms with Crippen LogP contribution in [0.25, 0.3) is 0 Å². The van der Waals surface area contributed by atoms with E-state index in [4.69, 9.17) is 0 Å². The van der Waals surface area contributed by atoms with E-state index in [0.717, 1.165) is 23.1 Å². The molecule has 0 heterocycles. The predicted octanol–water partition coefficient (Wildman–Crippen LogP) is 3.74. The third-order valence-corrected chi connectivity index (χ3v) is 5.05. The van der Waals surface area contributed by atoms with Gasteiger partial charge in [0.15, 0.2) is 0 Å². The maximum absolute atomic E-state index is 12.7. The van der Waals surface area contributed by atoms with Gasteiger partial charge in [-0.25, -0.2) is 0 Å². The molecule has 0 aliphatic rings. The molecule has 0 aliphatic heterocycles. The zero-order valence-electron chi connectivity index (χ0n) is 18.3. The summed E-state index contributed by atoms with van der Waals surface area (Å²) in [6.07, 6.45) is 0.957. The van der Waals surface area contributed by atoms with Gasteiger partial charge in [-0.2, -0.15) is 0 Å². The van der Waals surface area contributed by atoms with E-state index >= 15 is 0 Å². The Kier molecular flexibility index (Phi) is 7.75. The molecule has 0 spiro atoms. The molecule has 0 fully saturated rings. The van der Waals surface area contributed by atoms with Crippen LogP contribution in [0.3, 0.4) is 0 Å². The molecule has 0 aromatic heterocycles. The minimum Gasteiger partial charge on any atom is -0.348 e. The van der Waals surface area contributed by atoms with E-state index in [1.807, 2.05) is 55.5 Å². The van der Waals surface area contributed by atoms with E-state index in [1.165, 1.54) is 5.56 Å². The van der Waals surface area contributed by atoms with Crippen LogP contribution in [-0.4, -0.2) is 17.7 Å². The van der Waals surface area contributed by atoms with Crippen LogP contribution in [0.15, 0.2) is 72.8 Å². The summed E-state index contributed by atoms with van der Waals surface area (Å²) < 4.78 is 0. The lowest BCUT2D eigenvalue weighted by Crippen LogP contribution is -2.35. The number of carbonyl (C=O) groups is 3. The van der Waals surface area contributed by atoms with Crippen molar-refractivity contribution in [1.29, 1.82) is 0 Å². The molecule has 0 radical (unpaired) electrons. The SMILES string of the molecule is CCc1ccc(CNC(=O)c2ccccc2NC(=O)C(=O)NCc2cccc(C)c2)cc1. The number of para-hydroxylation sites is 1. The topological polar surface area (TPSA) is 87.3 Å². The van der Waals surface area contributed by atoms with Crippen molar-refractivity contribution in [2.24, 2.45) is 0 Å². The van der Waals surface area contributed by atoms with Crippen LogP contribution in [-0.2, 0) is 29.1 Å². The summed E-state index contributed by atoms with van der Waals surface area (Å²) in [4.78, 5) is 37.3. The number of carbonyl (C=O) groups excluding carboxylic acids is 3. The summed E-state index contributed by atoms with van der Waals surface area (Å²) >= 11 is 0. The Morgan fingerprint density at radius 3 is 2.12 bits per heavy atom. The van der Waals surface area contributed by atoms with Crippen LogP contribution in [0.1, 0.15) is 39.5 Å². The van der Waals surface area contributed by atoms with Crippen molar-refractivity contribution in [2.75, 3.05) is 5.32 Å². The highest BCUT2D eigenvalue weighted by atomic mass is 16.2. The molecule has 6 nitrogen and oxygen atoms in total. The van der Waals surface area contributed by atoms with Gasteiger partial charge in [0, 0.05) is 13.1 Å². The molecule has 6 heteroatoms. The number of amides is 3. The van der Waals surface area contributed by atoms with Gasteiger partial charge >= 0.3 is 11.8 Å². The first-order valence-electron chi connectivity index (χ1n) is 10.6. The Hall–Kier alpha value is -3.93. The van der Waals surface area contributed by atoms with Crippen molar-refractivity contribution in [3.63, 3.8) is 0 Å². The fourth-order valence-electron chi connectivity index (χ4n) is 3.22. The number of benzene rings is 3. The molecule has 32 heavy (non-hydrogen) atoms. The number of aryl methyl sites for hydroxylation is 2. The molecule has 3 amide bonds. The van der Waals surface area contributed by atoms with Gasteiger partial charge < -0.3 is 16.0 Å². The number of nitrogens with one attached hydrogen (secondary N) is 3. The molecular weight excluding hydrogens is 402 g/mol. The maximum atomic E-state index is 12.7. The van der Waals surface area contributed by atoms with Gasteiger partial charge in [-0.15, -0.1) is 0 Å². The van der Waals surface area contributed by atoms with Crippen LogP contribution in [0, 0.1) is 6.92 Å². The lowest BCUT2D eigenvalue weighted by Gasteiger charge is -2.12. The summed E-state index contributed by atoms with van der Waals surface area (Å²) in [5, 5.41) is 8.00. The summed E-state index contributed by atoms with van der Waals surface area (Å²) in [6.45, 7) is 4.65. The Morgan fingerprint density at radius 1 is 0.719 bits per heavy atom. The van der Waals surface area contributed by atoms with Gasteiger partial charge in [-0.3, -0.25) is 14.4 Å². The zero-order valence-corrected chi connectivity index (χ0v) is 18.3. The van der Waals surface area contributed by atoms with Gasteiger partial charge in [0.2, 0.25) is 0 Å². The molecule has 0 saturated heterocycles. The molecule has 164 valence electrons. The maximum Gasteiger partial charge on any atom is 0.313 e. The van der Waals surface area contributed by atoms with Gasteiger partial charge in [-0.1, -0.05) is 73.2 Å². The molecule has 0 unspecified atom stereocenters. The predicted molar refractivity (Wildman–Crippen MR) is 125 cm³/mol. The molecule has 0 bridgehead atoms. The van der Waals surface area contributed by atoms with E-state index in [-0.39, 0.29) is 23.7 Å². The highest BCUT2D eigenvalue weighted by Gasteiger charge is 2.17. The monoisotopic (exact) mass is 429 g/mol. The molecule has 0 aliphatic carbocycles. The van der Waals surface area contributed by atoms with Crippen LogP contribution < -0.4 is 16.0 Å². The summed E-state index contributed by atoms with van der Waals surface area (Å²) in [5.74, 6) is -1.92. The summed E-state index contributed by atoms with van der Waals surface area (Å²) in [5.41, 5.74) is 4.75. The van der Waals surface area contributed by atoms with E-state index < -0.39 is 11.8 Å². The quantitative estimate of drug-likeness (QED) is 0.500. The summed E-state index contributed by atoms with van der Waals surface area (Å²) in [7, 11) is 0. The van der Waals surface area contributed by atoms with Crippen molar-refractivity contribution in [3.05, 3.63) is 101 Å². The van der Waals surface area contributed by atoms with Gasteiger partial charge in [-0.05, 0) is 42.2 Å². The van der Waals surface area contributed by atoms with Crippen molar-refractivity contribution in [2.45, 2.75) is 33.4 Å². The Morgan fingerprint density at radius 2 is 1.41 bits per heavy atom. The molecule has 0 saturated carbocycles. The van der Waals surface area contributed by atoms with Crippen LogP contribution in [0.2, 0.25) is 0 Å². The first-order chi connectivity index (χ1) is 15.5. The van der Waals surface area contributed by atoms with Gasteiger partial charge in [0.25, 0.3) is 5.91 Å². The van der Waals surface area contributed by atoms with Crippen molar-refractivity contribution >= 4 is 23.4 Å². The molecule has 3 aromatic carbocycles. The Balaban J connectivity index is 1.58. The lowest BCUT2D eigenvalue weighted by atomic mass is 10.1. The lowest BCUT2D eigenvalue weighted by molar-refractivity contribution is -0.136. The largest absolute Gasteiger partial charge is 0.348 e. The normalized spacial score (nSPS) is 10.3. The highest BCUT2D eigenvalue weighted by molar-refractivity contribution is 6.40.